The number of rotatable bonds is 2. The van der Waals surface area contributed by atoms with E-state index in [0.29, 0.717) is 0 Å². The summed E-state index contributed by atoms with van der Waals surface area (Å²) in [5.74, 6) is -3.87. The predicted molar refractivity (Wildman–Crippen MR) is 55.6 cm³/mol. The summed E-state index contributed by atoms with van der Waals surface area (Å²) in [4.78, 5) is 29.6. The van der Waals surface area contributed by atoms with Crippen molar-refractivity contribution in [2.75, 3.05) is 0 Å². The zero-order chi connectivity index (χ0) is 12.7. The summed E-state index contributed by atoms with van der Waals surface area (Å²) in [5, 5.41) is 28.1. The number of benzene rings is 1. The third-order valence-corrected chi connectivity index (χ3v) is 1.37. The van der Waals surface area contributed by atoms with Gasteiger partial charge in [-0.05, 0) is 0 Å². The van der Waals surface area contributed by atoms with Crippen molar-refractivity contribution in [3.8, 4) is 0 Å². The zero-order valence-electron chi connectivity index (χ0n) is 10.0. The fraction of sp³-hybridized carbons (Fsp3) is 0.100. The molecule has 5 N–H and O–H groups in total. The molecule has 9 heteroatoms. The van der Waals surface area contributed by atoms with Gasteiger partial charge in [0, 0.05) is 18.1 Å². The van der Waals surface area contributed by atoms with Gasteiger partial charge in [-0.15, -0.1) is 0 Å². The number of carboxylic acid groups (broad SMARTS) is 3. The number of hydrogen-bond acceptors (Lipinski definition) is 5. The van der Waals surface area contributed by atoms with E-state index in [2.05, 4.69) is 0 Å². The Hall–Kier alpha value is -1.83. The number of aromatic carboxylic acids is 2. The molecule has 1 rings (SSSR count). The van der Waals surface area contributed by atoms with Gasteiger partial charge in [-0.3, -0.25) is 4.79 Å². The van der Waals surface area contributed by atoms with Crippen LogP contribution < -0.4 is 10.2 Å². The molecule has 0 fully saturated rings. The van der Waals surface area contributed by atoms with Crippen molar-refractivity contribution < 1.29 is 60.1 Å². The second-order valence-electron chi connectivity index (χ2n) is 2.64. The largest absolute Gasteiger partial charge is 2.00 e. The number of aliphatic carboxylic acids is 1. The smallest absolute Gasteiger partial charge is 0.545 e. The SMILES string of the molecule is CC(=O)O.O.O.O=C([O-])c1ccccc1C(=O)[O-].[Zn+2]. The molecule has 102 valence electrons. The van der Waals surface area contributed by atoms with Crippen LogP contribution in [0.15, 0.2) is 24.3 Å². The van der Waals surface area contributed by atoms with Crippen LogP contribution in [0.25, 0.3) is 0 Å². The molecule has 19 heavy (non-hydrogen) atoms. The monoisotopic (exact) mass is 324 g/mol. The minimum atomic E-state index is -1.52. The maximum absolute atomic E-state index is 10.3. The number of carbonyl (C=O) groups is 3. The zero-order valence-corrected chi connectivity index (χ0v) is 13.0. The van der Waals surface area contributed by atoms with E-state index in [1.165, 1.54) is 12.1 Å². The fourth-order valence-electron chi connectivity index (χ4n) is 0.839. The molecular formula is C10H12O8Zn. The maximum atomic E-state index is 10.3. The summed E-state index contributed by atoms with van der Waals surface area (Å²) in [7, 11) is 0. The van der Waals surface area contributed by atoms with Crippen molar-refractivity contribution in [2.24, 2.45) is 0 Å². The van der Waals surface area contributed by atoms with Gasteiger partial charge in [-0.2, -0.15) is 0 Å². The van der Waals surface area contributed by atoms with Crippen LogP contribution in [0.2, 0.25) is 0 Å². The van der Waals surface area contributed by atoms with E-state index < -0.39 is 17.9 Å². The summed E-state index contributed by atoms with van der Waals surface area (Å²) >= 11 is 0. The summed E-state index contributed by atoms with van der Waals surface area (Å²) in [5.41, 5.74) is -0.727. The first-order valence-electron chi connectivity index (χ1n) is 4.07. The Kier molecular flexibility index (Phi) is 17.2. The molecule has 8 nitrogen and oxygen atoms in total. The molecule has 0 aliphatic heterocycles. The Morgan fingerprint density at radius 1 is 0.947 bits per heavy atom. The Balaban J connectivity index is -0.000000144. The molecule has 0 spiro atoms. The van der Waals surface area contributed by atoms with Crippen molar-refractivity contribution in [3.05, 3.63) is 35.4 Å². The second kappa shape index (κ2) is 12.6. The molecule has 0 unspecified atom stereocenters. The first-order valence-corrected chi connectivity index (χ1v) is 4.07. The minimum Gasteiger partial charge on any atom is -0.545 e. The molecule has 1 aromatic rings. The van der Waals surface area contributed by atoms with Crippen LogP contribution in [-0.4, -0.2) is 34.0 Å². The first kappa shape index (κ1) is 25.9. The Morgan fingerprint density at radius 3 is 1.32 bits per heavy atom. The van der Waals surface area contributed by atoms with E-state index in [9.17, 15) is 19.8 Å². The van der Waals surface area contributed by atoms with Crippen molar-refractivity contribution in [3.63, 3.8) is 0 Å². The first-order chi connectivity index (χ1) is 7.36. The normalized spacial score (nSPS) is 7.21. The van der Waals surface area contributed by atoms with Crippen LogP contribution in [0, 0.1) is 0 Å². The minimum absolute atomic E-state index is 0. The number of carboxylic acids is 3. The van der Waals surface area contributed by atoms with Crippen molar-refractivity contribution in [1.82, 2.24) is 0 Å². The van der Waals surface area contributed by atoms with Crippen LogP contribution in [-0.2, 0) is 24.3 Å². The van der Waals surface area contributed by atoms with Crippen molar-refractivity contribution in [2.45, 2.75) is 6.92 Å². The number of hydrogen-bond donors (Lipinski definition) is 1. The van der Waals surface area contributed by atoms with Crippen molar-refractivity contribution >= 4 is 17.9 Å². The number of carbonyl (C=O) groups excluding carboxylic acids is 2. The van der Waals surface area contributed by atoms with E-state index in [-0.39, 0.29) is 41.6 Å². The molecule has 1 aromatic carbocycles. The van der Waals surface area contributed by atoms with Crippen LogP contribution in [0.5, 0.6) is 0 Å². The average Bonchev–Trinajstić information content (AvgIpc) is 2.16. The average molecular weight is 326 g/mol. The van der Waals surface area contributed by atoms with Gasteiger partial charge in [-0.25, -0.2) is 0 Å². The molecule has 0 atom stereocenters. The van der Waals surface area contributed by atoms with Gasteiger partial charge in [0.05, 0.1) is 11.9 Å². The molecule has 0 radical (unpaired) electrons. The van der Waals surface area contributed by atoms with Gasteiger partial charge >= 0.3 is 19.5 Å². The molecule has 0 amide bonds. The van der Waals surface area contributed by atoms with Crippen LogP contribution in [0.3, 0.4) is 0 Å². The van der Waals surface area contributed by atoms with Crippen LogP contribution in [0.4, 0.5) is 0 Å². The Bertz CT molecular complexity index is 381. The van der Waals surface area contributed by atoms with E-state index in [1.807, 2.05) is 0 Å². The molecule has 0 heterocycles. The molecule has 0 aliphatic rings. The van der Waals surface area contributed by atoms with Crippen molar-refractivity contribution in [1.29, 1.82) is 0 Å². The molecule has 0 aliphatic carbocycles. The molecule has 0 bridgehead atoms. The summed E-state index contributed by atoms with van der Waals surface area (Å²) in [6.45, 7) is 1.08. The Labute approximate surface area is 121 Å². The quantitative estimate of drug-likeness (QED) is 0.560. The van der Waals surface area contributed by atoms with Gasteiger partial charge in [0.25, 0.3) is 5.97 Å². The molecule has 0 saturated carbocycles. The van der Waals surface area contributed by atoms with Gasteiger partial charge in [0.1, 0.15) is 0 Å². The molecule has 0 saturated heterocycles. The third-order valence-electron chi connectivity index (χ3n) is 1.37. The summed E-state index contributed by atoms with van der Waals surface area (Å²) in [6.07, 6.45) is 0. The molecular weight excluding hydrogens is 313 g/mol. The second-order valence-corrected chi connectivity index (χ2v) is 2.64. The van der Waals surface area contributed by atoms with Gasteiger partial charge in [0.2, 0.25) is 0 Å². The standard InChI is InChI=1S/C8H6O4.C2H4O2.2H2O.Zn/c9-7(10)5-3-1-2-4-6(5)8(11)12;1-2(3)4;;;/h1-4H,(H,9,10)(H,11,12);1H3,(H,3,4);2*1H2;/q;;;;+2/p-2. The van der Waals surface area contributed by atoms with Gasteiger partial charge in [-0.1, -0.05) is 24.3 Å². The van der Waals surface area contributed by atoms with E-state index in [4.69, 9.17) is 9.90 Å². The fourth-order valence-corrected chi connectivity index (χ4v) is 0.839. The van der Waals surface area contributed by atoms with E-state index >= 15 is 0 Å². The van der Waals surface area contributed by atoms with E-state index in [0.717, 1.165) is 19.1 Å². The maximum Gasteiger partial charge on any atom is 2.00 e. The Morgan fingerprint density at radius 2 is 1.16 bits per heavy atom. The topological polar surface area (TPSA) is 181 Å². The van der Waals surface area contributed by atoms with Crippen LogP contribution >= 0.6 is 0 Å². The third kappa shape index (κ3) is 11.0. The predicted octanol–water partition coefficient (Wildman–Crippen LogP) is -3.15. The summed E-state index contributed by atoms with van der Waals surface area (Å²) < 4.78 is 0. The van der Waals surface area contributed by atoms with Gasteiger partial charge in [0.15, 0.2) is 0 Å². The van der Waals surface area contributed by atoms with E-state index in [1.54, 1.807) is 0 Å². The molecule has 0 aromatic heterocycles. The summed E-state index contributed by atoms with van der Waals surface area (Å²) in [6, 6.07) is 5.14. The van der Waals surface area contributed by atoms with Crippen LogP contribution in [0.1, 0.15) is 27.6 Å². The van der Waals surface area contributed by atoms with Gasteiger partial charge < -0.3 is 35.9 Å².